The van der Waals surface area contributed by atoms with E-state index in [0.29, 0.717) is 0 Å². The Morgan fingerprint density at radius 2 is 2.22 bits per heavy atom. The van der Waals surface area contributed by atoms with Crippen molar-refractivity contribution in [2.75, 3.05) is 11.5 Å². The highest BCUT2D eigenvalue weighted by molar-refractivity contribution is 7.99. The topological polar surface area (TPSA) is 38.0 Å². The maximum absolute atomic E-state index is 10.2. The number of aliphatic hydroxyl groups is 1. The zero-order chi connectivity index (χ0) is 13.0. The lowest BCUT2D eigenvalue weighted by atomic mass is 9.94. The van der Waals surface area contributed by atoms with Gasteiger partial charge in [0.2, 0.25) is 0 Å². The summed E-state index contributed by atoms with van der Waals surface area (Å²) in [6.45, 7) is 5.00. The number of rotatable bonds is 5. The van der Waals surface area contributed by atoms with Gasteiger partial charge in [-0.2, -0.15) is 16.9 Å². The third-order valence-corrected chi connectivity index (χ3v) is 4.72. The first-order valence-corrected chi connectivity index (χ1v) is 8.13. The van der Waals surface area contributed by atoms with Crippen LogP contribution in [0, 0.1) is 12.8 Å². The van der Waals surface area contributed by atoms with E-state index in [-0.39, 0.29) is 6.10 Å². The molecular weight excluding hydrogens is 244 g/mol. The van der Waals surface area contributed by atoms with Crippen LogP contribution in [0.5, 0.6) is 0 Å². The first kappa shape index (κ1) is 13.9. The molecule has 1 aromatic heterocycles. The maximum atomic E-state index is 10.2. The molecule has 1 N–H and O–H groups in total. The van der Waals surface area contributed by atoms with Crippen molar-refractivity contribution >= 4 is 11.8 Å². The Kier molecular flexibility index (Phi) is 5.13. The van der Waals surface area contributed by atoms with Crippen molar-refractivity contribution in [3.63, 3.8) is 0 Å². The average molecular weight is 268 g/mol. The molecule has 0 spiro atoms. The molecule has 0 amide bonds. The predicted octanol–water partition coefficient (Wildman–Crippen LogP) is 2.65. The summed E-state index contributed by atoms with van der Waals surface area (Å²) in [6, 6.07) is 2.10. The Morgan fingerprint density at radius 1 is 1.50 bits per heavy atom. The molecule has 0 aromatic carbocycles. The molecule has 0 saturated carbocycles. The molecule has 2 rings (SSSR count). The second-order valence-electron chi connectivity index (χ2n) is 5.24. The summed E-state index contributed by atoms with van der Waals surface area (Å²) in [5.74, 6) is 3.26. The molecule has 0 bridgehead atoms. The Labute approximate surface area is 114 Å². The summed E-state index contributed by atoms with van der Waals surface area (Å²) in [6.07, 6.45) is 4.04. The largest absolute Gasteiger partial charge is 0.393 e. The van der Waals surface area contributed by atoms with E-state index in [9.17, 15) is 5.11 Å². The molecule has 1 fully saturated rings. The standard InChI is InChI=1S/C14H24N2OS/c1-3-16-13(8-11(2)15-16)10-14(17)9-12-4-6-18-7-5-12/h8,12,14,17H,3-7,9-10H2,1-2H3. The van der Waals surface area contributed by atoms with E-state index >= 15 is 0 Å². The summed E-state index contributed by atoms with van der Waals surface area (Å²) in [7, 11) is 0. The van der Waals surface area contributed by atoms with Crippen LogP contribution in [0.15, 0.2) is 6.07 Å². The average Bonchev–Trinajstić information content (AvgIpc) is 2.70. The van der Waals surface area contributed by atoms with Crippen LogP contribution in [-0.4, -0.2) is 32.5 Å². The minimum absolute atomic E-state index is 0.209. The molecule has 1 saturated heterocycles. The van der Waals surface area contributed by atoms with Gasteiger partial charge in [-0.15, -0.1) is 0 Å². The van der Waals surface area contributed by atoms with Crippen LogP contribution in [0.4, 0.5) is 0 Å². The van der Waals surface area contributed by atoms with Gasteiger partial charge in [-0.3, -0.25) is 4.68 Å². The van der Waals surface area contributed by atoms with Crippen LogP contribution >= 0.6 is 11.8 Å². The fraction of sp³-hybridized carbons (Fsp3) is 0.786. The van der Waals surface area contributed by atoms with Crippen molar-refractivity contribution in [3.05, 3.63) is 17.5 Å². The van der Waals surface area contributed by atoms with Gasteiger partial charge in [0.25, 0.3) is 0 Å². The number of aryl methyl sites for hydroxylation is 2. The minimum atomic E-state index is -0.209. The molecule has 1 unspecified atom stereocenters. The first-order valence-electron chi connectivity index (χ1n) is 6.98. The van der Waals surface area contributed by atoms with Gasteiger partial charge in [0.05, 0.1) is 11.8 Å². The van der Waals surface area contributed by atoms with Gasteiger partial charge in [0, 0.05) is 18.7 Å². The van der Waals surface area contributed by atoms with Crippen LogP contribution in [0.2, 0.25) is 0 Å². The quantitative estimate of drug-likeness (QED) is 0.892. The van der Waals surface area contributed by atoms with Crippen LogP contribution < -0.4 is 0 Å². The fourth-order valence-electron chi connectivity index (χ4n) is 2.73. The number of aromatic nitrogens is 2. The molecule has 102 valence electrons. The Morgan fingerprint density at radius 3 is 2.89 bits per heavy atom. The Hall–Kier alpha value is -0.480. The molecular formula is C14H24N2OS. The number of hydrogen-bond donors (Lipinski definition) is 1. The lowest BCUT2D eigenvalue weighted by Gasteiger charge is -2.23. The van der Waals surface area contributed by atoms with Gasteiger partial charge in [-0.05, 0) is 56.6 Å². The van der Waals surface area contributed by atoms with E-state index in [4.69, 9.17) is 0 Å². The van der Waals surface area contributed by atoms with Gasteiger partial charge < -0.3 is 5.11 Å². The second kappa shape index (κ2) is 6.62. The van der Waals surface area contributed by atoms with E-state index in [1.807, 2.05) is 23.4 Å². The number of thioether (sulfide) groups is 1. The summed E-state index contributed by atoms with van der Waals surface area (Å²) >= 11 is 2.04. The van der Waals surface area contributed by atoms with Crippen molar-refractivity contribution in [2.45, 2.75) is 52.2 Å². The van der Waals surface area contributed by atoms with Gasteiger partial charge in [-0.25, -0.2) is 0 Å². The molecule has 1 aliphatic rings. The lowest BCUT2D eigenvalue weighted by Crippen LogP contribution is -2.21. The Bertz CT molecular complexity index is 372. The summed E-state index contributed by atoms with van der Waals surface area (Å²) in [4.78, 5) is 0. The van der Waals surface area contributed by atoms with Crippen molar-refractivity contribution in [2.24, 2.45) is 5.92 Å². The molecule has 3 nitrogen and oxygen atoms in total. The molecule has 2 heterocycles. The molecule has 18 heavy (non-hydrogen) atoms. The fourth-order valence-corrected chi connectivity index (χ4v) is 3.93. The van der Waals surface area contributed by atoms with E-state index in [2.05, 4.69) is 18.1 Å². The molecule has 0 aliphatic carbocycles. The normalized spacial score (nSPS) is 19.1. The first-order chi connectivity index (χ1) is 8.69. The van der Waals surface area contributed by atoms with Crippen LogP contribution in [0.1, 0.15) is 37.6 Å². The SMILES string of the molecule is CCn1nc(C)cc1CC(O)CC1CCSCC1. The zero-order valence-electron chi connectivity index (χ0n) is 11.4. The summed E-state index contributed by atoms with van der Waals surface area (Å²) in [5, 5.41) is 14.7. The smallest absolute Gasteiger partial charge is 0.0598 e. The van der Waals surface area contributed by atoms with E-state index in [0.717, 1.165) is 31.0 Å². The highest BCUT2D eigenvalue weighted by atomic mass is 32.2. The molecule has 1 atom stereocenters. The highest BCUT2D eigenvalue weighted by Crippen LogP contribution is 2.27. The van der Waals surface area contributed by atoms with Crippen LogP contribution in [-0.2, 0) is 13.0 Å². The monoisotopic (exact) mass is 268 g/mol. The number of hydrogen-bond acceptors (Lipinski definition) is 3. The third kappa shape index (κ3) is 3.75. The van der Waals surface area contributed by atoms with Crippen molar-refractivity contribution in [3.8, 4) is 0 Å². The molecule has 1 aromatic rings. The molecule has 0 radical (unpaired) electrons. The van der Waals surface area contributed by atoms with Gasteiger partial charge in [0.1, 0.15) is 0 Å². The minimum Gasteiger partial charge on any atom is -0.393 e. The molecule has 1 aliphatic heterocycles. The second-order valence-corrected chi connectivity index (χ2v) is 6.47. The zero-order valence-corrected chi connectivity index (χ0v) is 12.2. The van der Waals surface area contributed by atoms with Crippen LogP contribution in [0.3, 0.4) is 0 Å². The van der Waals surface area contributed by atoms with E-state index in [1.165, 1.54) is 30.0 Å². The predicted molar refractivity (Wildman–Crippen MR) is 77.0 cm³/mol. The summed E-state index contributed by atoms with van der Waals surface area (Å²) < 4.78 is 2.01. The molecule has 4 heteroatoms. The number of nitrogens with zero attached hydrogens (tertiary/aromatic N) is 2. The summed E-state index contributed by atoms with van der Waals surface area (Å²) in [5.41, 5.74) is 2.22. The number of aliphatic hydroxyl groups excluding tert-OH is 1. The van der Waals surface area contributed by atoms with Crippen molar-refractivity contribution in [1.29, 1.82) is 0 Å². The van der Waals surface area contributed by atoms with E-state index in [1.54, 1.807) is 0 Å². The maximum Gasteiger partial charge on any atom is 0.0598 e. The van der Waals surface area contributed by atoms with Gasteiger partial charge in [-0.1, -0.05) is 0 Å². The highest BCUT2D eigenvalue weighted by Gasteiger charge is 2.19. The lowest BCUT2D eigenvalue weighted by molar-refractivity contribution is 0.137. The van der Waals surface area contributed by atoms with Gasteiger partial charge in [0.15, 0.2) is 0 Å². The Balaban J connectivity index is 1.87. The van der Waals surface area contributed by atoms with Crippen molar-refractivity contribution in [1.82, 2.24) is 9.78 Å². The van der Waals surface area contributed by atoms with Crippen molar-refractivity contribution < 1.29 is 5.11 Å². The van der Waals surface area contributed by atoms with Crippen LogP contribution in [0.25, 0.3) is 0 Å². The third-order valence-electron chi connectivity index (χ3n) is 3.68. The van der Waals surface area contributed by atoms with Gasteiger partial charge >= 0.3 is 0 Å². The van der Waals surface area contributed by atoms with E-state index < -0.39 is 0 Å².